The normalized spacial score (nSPS) is 6.77. The van der Waals surface area contributed by atoms with Crippen LogP contribution in [0, 0.1) is 58.3 Å². The molecule has 0 fully saturated rings. The van der Waals surface area contributed by atoms with Gasteiger partial charge in [-0.25, -0.2) is 0 Å². The fourth-order valence-electron chi connectivity index (χ4n) is 0. The van der Waals surface area contributed by atoms with Crippen LogP contribution in [0.5, 0.6) is 0 Å². The molecule has 0 N–H and O–H groups in total. The fourth-order valence-corrected chi connectivity index (χ4v) is 0. The van der Waals surface area contributed by atoms with Crippen LogP contribution in [0.15, 0.2) is 0 Å². The molecule has 0 atom stereocenters. The van der Waals surface area contributed by atoms with Crippen molar-refractivity contribution in [2.45, 2.75) is 0 Å². The van der Waals surface area contributed by atoms with E-state index in [0.717, 1.165) is 0 Å². The van der Waals surface area contributed by atoms with Crippen molar-refractivity contribution in [3.63, 3.8) is 0 Å². The Hall–Kier alpha value is -2.27. The van der Waals surface area contributed by atoms with Crippen molar-refractivity contribution in [3.05, 3.63) is 0 Å². The number of hydrogen-bond acceptors (Lipinski definition) is 16. The van der Waals surface area contributed by atoms with Crippen molar-refractivity contribution in [2.75, 3.05) is 0 Å². The molecular formula is C8O16Pu2-8. The van der Waals surface area contributed by atoms with E-state index in [-0.39, 0.29) is 58.3 Å². The van der Waals surface area contributed by atoms with E-state index in [1.54, 1.807) is 0 Å². The van der Waals surface area contributed by atoms with Gasteiger partial charge in [0.2, 0.25) is 0 Å². The number of carbonyl (C=O) groups excluding carboxylic acids is 8. The third-order valence-electron chi connectivity index (χ3n) is 0.667. The molecule has 0 saturated carbocycles. The Morgan fingerprint density at radius 2 is 0.308 bits per heavy atom. The van der Waals surface area contributed by atoms with Crippen LogP contribution < -0.4 is 40.9 Å². The van der Waals surface area contributed by atoms with Gasteiger partial charge in [-0.3, -0.25) is 0 Å². The first kappa shape index (κ1) is 39.0. The maximum Gasteiger partial charge on any atom is 0.0870 e. The molecule has 0 saturated heterocycles. The van der Waals surface area contributed by atoms with E-state index in [9.17, 15) is 0 Å². The molecule has 16 nitrogen and oxygen atoms in total. The van der Waals surface area contributed by atoms with E-state index in [1.165, 1.54) is 0 Å². The largest absolute Gasteiger partial charge is 0.543 e. The van der Waals surface area contributed by atoms with E-state index in [1.807, 2.05) is 0 Å². The standard InChI is InChI=1S/4C2H2O4.2Pu/c4*3-1(4)2(5)6;;/h4*(H,3,4)(H,5,6);;/p-8. The number of carboxylic acids is 8. The van der Waals surface area contributed by atoms with Gasteiger partial charge in [0.1, 0.15) is 0 Å². The van der Waals surface area contributed by atoms with Gasteiger partial charge in [-0.1, -0.05) is 0 Å². The van der Waals surface area contributed by atoms with E-state index in [0.29, 0.717) is 0 Å². The van der Waals surface area contributed by atoms with E-state index < -0.39 is 47.8 Å². The third-order valence-corrected chi connectivity index (χ3v) is 0.667. The van der Waals surface area contributed by atoms with Gasteiger partial charge in [0, 0.05) is 58.3 Å². The predicted octanol–water partition coefficient (Wildman–Crippen LogP) is -14.1. The average molecular weight is 840 g/mol. The summed E-state index contributed by atoms with van der Waals surface area (Å²) in [7, 11) is 0. The molecule has 0 aromatic rings. The van der Waals surface area contributed by atoms with Crippen LogP contribution in [-0.2, 0) is 38.4 Å². The first-order chi connectivity index (χ1) is 10.6. The van der Waals surface area contributed by atoms with Crippen molar-refractivity contribution in [3.8, 4) is 0 Å². The van der Waals surface area contributed by atoms with Gasteiger partial charge in [0.05, 0.1) is 47.8 Å². The molecule has 26 heavy (non-hydrogen) atoms. The maximum atomic E-state index is 8.93. The number of carboxylic acid groups (broad SMARTS) is 8. The number of carbonyl (C=O) groups is 8. The SMILES string of the molecule is O=C([O-])C(=O)[O-].O=C([O-])C(=O)[O-].O=C([O-])C(=O)[O-].O=C([O-])C(=O)[O-].[Pu].[Pu]. The summed E-state index contributed by atoms with van der Waals surface area (Å²) < 4.78 is 0. The molecule has 0 aliphatic carbocycles. The molecule has 0 aromatic carbocycles. The second-order valence-corrected chi connectivity index (χ2v) is 2.30. The van der Waals surface area contributed by atoms with Gasteiger partial charge >= 0.3 is 0 Å². The second-order valence-electron chi connectivity index (χ2n) is 2.30. The van der Waals surface area contributed by atoms with Crippen molar-refractivity contribution < 1.29 is 138 Å². The zero-order valence-corrected chi connectivity index (χ0v) is 18.1. The van der Waals surface area contributed by atoms with Crippen LogP contribution in [0.1, 0.15) is 0 Å². The summed E-state index contributed by atoms with van der Waals surface area (Å²) >= 11 is 0. The zero-order valence-electron chi connectivity index (χ0n) is 11.3. The van der Waals surface area contributed by atoms with Crippen LogP contribution in [0.3, 0.4) is 0 Å². The minimum absolute atomic E-state index is 0. The second kappa shape index (κ2) is 22.7. The summed E-state index contributed by atoms with van der Waals surface area (Å²) in [5, 5.41) is 71.4. The van der Waals surface area contributed by atoms with Crippen molar-refractivity contribution in [2.24, 2.45) is 0 Å². The minimum atomic E-state index is -2.19. The molecule has 0 amide bonds. The summed E-state index contributed by atoms with van der Waals surface area (Å²) in [6.07, 6.45) is 0. The molecule has 148 valence electrons. The van der Waals surface area contributed by atoms with Gasteiger partial charge in [-0.15, -0.1) is 0 Å². The summed E-state index contributed by atoms with van der Waals surface area (Å²) in [6.45, 7) is 0. The van der Waals surface area contributed by atoms with Gasteiger partial charge in [0.15, 0.2) is 0 Å². The molecule has 0 spiro atoms. The summed E-state index contributed by atoms with van der Waals surface area (Å²) in [4.78, 5) is 71.4. The quantitative estimate of drug-likeness (QED) is 0.204. The molecule has 0 aliphatic heterocycles. The molecule has 0 aliphatic rings. The Bertz CT molecular complexity index is 392. The van der Waals surface area contributed by atoms with Gasteiger partial charge < -0.3 is 79.2 Å². The fraction of sp³-hybridized carbons (Fsp3) is 0. The predicted molar refractivity (Wildman–Crippen MR) is 40.1 cm³/mol. The van der Waals surface area contributed by atoms with Crippen molar-refractivity contribution in [1.29, 1.82) is 0 Å². The number of hydrogen-bond donors (Lipinski definition) is 0. The monoisotopic (exact) mass is 828 g/mol. The molecule has 0 unspecified atom stereocenters. The molecule has 18 heteroatoms. The molecular weight excluding hydrogens is 840 g/mol. The van der Waals surface area contributed by atoms with Gasteiger partial charge in [-0.2, -0.15) is 0 Å². The zero-order chi connectivity index (χ0) is 20.6. The summed E-state index contributed by atoms with van der Waals surface area (Å²) in [6, 6.07) is 0. The van der Waals surface area contributed by atoms with E-state index >= 15 is 0 Å². The topological polar surface area (TPSA) is 321 Å². The molecule has 0 rings (SSSR count). The van der Waals surface area contributed by atoms with Gasteiger partial charge in [0.25, 0.3) is 0 Å². The smallest absolute Gasteiger partial charge is 0.0870 e. The molecule has 0 aromatic heterocycles. The summed E-state index contributed by atoms with van der Waals surface area (Å²) in [5.41, 5.74) is 0. The number of rotatable bonds is 0. The maximum absolute atomic E-state index is 8.93. The van der Waals surface area contributed by atoms with Crippen molar-refractivity contribution >= 4 is 47.8 Å². The van der Waals surface area contributed by atoms with Crippen LogP contribution in [0.4, 0.5) is 0 Å². The molecule has 0 bridgehead atoms. The Morgan fingerprint density at radius 1 is 0.269 bits per heavy atom. The third kappa shape index (κ3) is 49.5. The van der Waals surface area contributed by atoms with E-state index in [2.05, 4.69) is 0 Å². The van der Waals surface area contributed by atoms with Crippen LogP contribution in [0.25, 0.3) is 0 Å². The Morgan fingerprint density at radius 3 is 0.308 bits per heavy atom. The first-order valence-electron chi connectivity index (χ1n) is 4.27. The van der Waals surface area contributed by atoms with E-state index in [4.69, 9.17) is 79.2 Å². The van der Waals surface area contributed by atoms with Crippen LogP contribution in [-0.4, -0.2) is 47.8 Å². The first-order valence-corrected chi connectivity index (χ1v) is 4.27. The van der Waals surface area contributed by atoms with Crippen LogP contribution >= 0.6 is 0 Å². The molecule has 0 radical (unpaired) electrons. The summed E-state index contributed by atoms with van der Waals surface area (Å²) in [5.74, 6) is -17.5. The Balaban J connectivity index is -0.0000000500. The Kier molecular flexibility index (Phi) is 34.1. The molecule has 0 heterocycles. The van der Waals surface area contributed by atoms with Crippen LogP contribution in [0.2, 0.25) is 0 Å². The Labute approximate surface area is 184 Å². The number of aliphatic carboxylic acids is 8. The van der Waals surface area contributed by atoms with Gasteiger partial charge in [-0.05, 0) is 0 Å². The minimum Gasteiger partial charge on any atom is -0.543 e. The van der Waals surface area contributed by atoms with Crippen molar-refractivity contribution in [1.82, 2.24) is 0 Å². The average Bonchev–Trinajstić information content (AvgIpc) is 2.40.